The second-order valence-electron chi connectivity index (χ2n) is 7.93. The summed E-state index contributed by atoms with van der Waals surface area (Å²) in [6.07, 6.45) is 0.954. The van der Waals surface area contributed by atoms with Crippen LogP contribution in [0.4, 0.5) is 15.8 Å². The molecular weight excluding hydrogens is 475 g/mol. The number of benzene rings is 2. The number of sulfonamides is 1. The minimum Gasteiger partial charge on any atom is -0.362 e. The molecule has 4 rings (SSSR count). The normalized spacial score (nSPS) is 19.6. The van der Waals surface area contributed by atoms with E-state index in [1.54, 1.807) is 17.0 Å². The number of nitrogens with zero attached hydrogens (tertiary/aromatic N) is 4. The molecule has 2 fully saturated rings. The molecule has 0 unspecified atom stereocenters. The fraction of sp³-hybridized carbons (Fsp3) is 0.381. The van der Waals surface area contributed by atoms with Crippen LogP contribution in [0.15, 0.2) is 47.4 Å². The van der Waals surface area contributed by atoms with Crippen LogP contribution in [0.25, 0.3) is 0 Å². The maximum atomic E-state index is 13.2. The van der Waals surface area contributed by atoms with Crippen molar-refractivity contribution in [3.63, 3.8) is 0 Å². The third kappa shape index (κ3) is 4.66. The highest BCUT2D eigenvalue weighted by atomic mass is 35.5. The zero-order valence-corrected chi connectivity index (χ0v) is 19.1. The lowest BCUT2D eigenvalue weighted by atomic mass is 10.1. The Kier molecular flexibility index (Phi) is 6.55. The van der Waals surface area contributed by atoms with Gasteiger partial charge < -0.3 is 9.80 Å². The number of hydrogen-bond acceptors (Lipinski definition) is 6. The molecule has 2 saturated heterocycles. The molecule has 0 N–H and O–H groups in total. The average molecular weight is 497 g/mol. The first kappa shape index (κ1) is 23.4. The predicted molar refractivity (Wildman–Crippen MR) is 120 cm³/mol. The molecule has 2 aliphatic heterocycles. The van der Waals surface area contributed by atoms with Gasteiger partial charge in [0.25, 0.3) is 5.69 Å². The van der Waals surface area contributed by atoms with Crippen LogP contribution in [-0.4, -0.2) is 67.2 Å². The van der Waals surface area contributed by atoms with E-state index < -0.39 is 26.8 Å². The van der Waals surface area contributed by atoms with Gasteiger partial charge in [-0.1, -0.05) is 11.6 Å². The summed E-state index contributed by atoms with van der Waals surface area (Å²) in [5, 5.41) is 11.7. The molecule has 0 saturated carbocycles. The topological polar surface area (TPSA) is 104 Å². The van der Waals surface area contributed by atoms with Crippen molar-refractivity contribution in [2.24, 2.45) is 0 Å². The Morgan fingerprint density at radius 1 is 1.06 bits per heavy atom. The van der Waals surface area contributed by atoms with Crippen LogP contribution < -0.4 is 4.90 Å². The van der Waals surface area contributed by atoms with Crippen molar-refractivity contribution < 1.29 is 22.5 Å². The number of nitro benzene ring substituents is 1. The number of amides is 1. The number of nitro groups is 1. The summed E-state index contributed by atoms with van der Waals surface area (Å²) in [4.78, 5) is 27.5. The molecule has 12 heteroatoms. The minimum atomic E-state index is -3.94. The molecule has 0 aromatic heterocycles. The molecule has 1 atom stereocenters. The van der Waals surface area contributed by atoms with Crippen LogP contribution >= 0.6 is 11.6 Å². The van der Waals surface area contributed by atoms with E-state index in [9.17, 15) is 27.7 Å². The number of carbonyl (C=O) groups excluding carboxylic acids is 1. The van der Waals surface area contributed by atoms with E-state index in [-0.39, 0.29) is 28.1 Å². The molecule has 2 heterocycles. The Labute approximate surface area is 195 Å². The molecule has 2 aromatic rings. The van der Waals surface area contributed by atoms with Gasteiger partial charge in [0.1, 0.15) is 17.5 Å². The van der Waals surface area contributed by atoms with Gasteiger partial charge in [-0.3, -0.25) is 14.9 Å². The third-order valence-electron chi connectivity index (χ3n) is 5.98. The van der Waals surface area contributed by atoms with E-state index >= 15 is 0 Å². The van der Waals surface area contributed by atoms with Crippen LogP contribution in [0.3, 0.4) is 0 Å². The lowest BCUT2D eigenvalue weighted by molar-refractivity contribution is -0.384. The predicted octanol–water partition coefficient (Wildman–Crippen LogP) is 2.89. The molecular formula is C21H22ClFN4O5S. The van der Waals surface area contributed by atoms with E-state index in [4.69, 9.17) is 11.6 Å². The molecule has 33 heavy (non-hydrogen) atoms. The summed E-state index contributed by atoms with van der Waals surface area (Å²) < 4.78 is 40.5. The van der Waals surface area contributed by atoms with Crippen LogP contribution in [0.5, 0.6) is 0 Å². The quantitative estimate of drug-likeness (QED) is 0.465. The maximum absolute atomic E-state index is 13.2. The van der Waals surface area contributed by atoms with Crippen molar-refractivity contribution in [2.45, 2.75) is 23.8 Å². The lowest BCUT2D eigenvalue weighted by Crippen LogP contribution is -2.54. The van der Waals surface area contributed by atoms with Gasteiger partial charge >= 0.3 is 0 Å². The number of rotatable bonds is 5. The number of halogens is 2. The summed E-state index contributed by atoms with van der Waals surface area (Å²) in [5.41, 5.74) is 0.326. The highest BCUT2D eigenvalue weighted by Crippen LogP contribution is 2.32. The highest BCUT2D eigenvalue weighted by molar-refractivity contribution is 7.89. The molecule has 0 radical (unpaired) electrons. The Morgan fingerprint density at radius 3 is 2.36 bits per heavy atom. The standard InChI is InChI=1S/C21H22ClFN4O5S/c22-15-3-8-18(20(14-15)27(29)30)24-10-12-25(13-11-24)21(28)19-2-1-9-26(19)33(31,32)17-6-4-16(23)5-7-17/h3-8,14,19H,1-2,9-13H2/t19-/m0/s1. The molecule has 176 valence electrons. The Morgan fingerprint density at radius 2 is 1.73 bits per heavy atom. The lowest BCUT2D eigenvalue weighted by Gasteiger charge is -2.38. The molecule has 9 nitrogen and oxygen atoms in total. The summed E-state index contributed by atoms with van der Waals surface area (Å²) in [6, 6.07) is 8.19. The van der Waals surface area contributed by atoms with Gasteiger partial charge in [-0.2, -0.15) is 4.31 Å². The van der Waals surface area contributed by atoms with E-state index in [0.29, 0.717) is 44.7 Å². The van der Waals surface area contributed by atoms with Crippen molar-refractivity contribution in [3.05, 3.63) is 63.4 Å². The van der Waals surface area contributed by atoms with E-state index in [1.807, 2.05) is 4.90 Å². The maximum Gasteiger partial charge on any atom is 0.294 e. The van der Waals surface area contributed by atoms with Crippen molar-refractivity contribution in [2.75, 3.05) is 37.6 Å². The number of carbonyl (C=O) groups is 1. The van der Waals surface area contributed by atoms with Crippen LogP contribution in [-0.2, 0) is 14.8 Å². The Balaban J connectivity index is 1.46. The first-order valence-electron chi connectivity index (χ1n) is 10.4. The number of anilines is 1. The fourth-order valence-electron chi connectivity index (χ4n) is 4.31. The molecule has 2 aliphatic rings. The van der Waals surface area contributed by atoms with E-state index in [2.05, 4.69) is 0 Å². The largest absolute Gasteiger partial charge is 0.362 e. The van der Waals surface area contributed by atoms with Crippen LogP contribution in [0.2, 0.25) is 5.02 Å². The highest BCUT2D eigenvalue weighted by Gasteiger charge is 2.41. The van der Waals surface area contributed by atoms with Crippen molar-refractivity contribution in [1.29, 1.82) is 0 Å². The smallest absolute Gasteiger partial charge is 0.294 e. The number of hydrogen-bond donors (Lipinski definition) is 0. The van der Waals surface area contributed by atoms with Crippen molar-refractivity contribution in [3.8, 4) is 0 Å². The third-order valence-corrected chi connectivity index (χ3v) is 8.13. The summed E-state index contributed by atoms with van der Waals surface area (Å²) in [7, 11) is -3.94. The summed E-state index contributed by atoms with van der Waals surface area (Å²) in [5.74, 6) is -0.828. The van der Waals surface area contributed by atoms with Crippen molar-refractivity contribution in [1.82, 2.24) is 9.21 Å². The van der Waals surface area contributed by atoms with Crippen LogP contribution in [0.1, 0.15) is 12.8 Å². The van der Waals surface area contributed by atoms with Gasteiger partial charge in [-0.15, -0.1) is 0 Å². The molecule has 0 spiro atoms. The van der Waals surface area contributed by atoms with Gasteiger partial charge in [0.2, 0.25) is 15.9 Å². The molecule has 0 bridgehead atoms. The summed E-state index contributed by atoms with van der Waals surface area (Å²) >= 11 is 5.89. The molecule has 2 aromatic carbocycles. The van der Waals surface area contributed by atoms with Gasteiger partial charge in [-0.05, 0) is 49.2 Å². The zero-order chi connectivity index (χ0) is 23.8. The molecule has 1 amide bonds. The average Bonchev–Trinajstić information content (AvgIpc) is 3.30. The number of piperazine rings is 1. The van der Waals surface area contributed by atoms with Gasteiger partial charge in [-0.25, -0.2) is 12.8 Å². The second-order valence-corrected chi connectivity index (χ2v) is 10.3. The van der Waals surface area contributed by atoms with Gasteiger partial charge in [0.05, 0.1) is 9.82 Å². The first-order valence-corrected chi connectivity index (χ1v) is 12.3. The minimum absolute atomic E-state index is 0.0523. The van der Waals surface area contributed by atoms with E-state index in [1.165, 1.54) is 22.5 Å². The monoisotopic (exact) mass is 496 g/mol. The van der Waals surface area contributed by atoms with Crippen LogP contribution in [0, 0.1) is 15.9 Å². The first-order chi connectivity index (χ1) is 15.7. The zero-order valence-electron chi connectivity index (χ0n) is 17.6. The Hall–Kier alpha value is -2.76. The summed E-state index contributed by atoms with van der Waals surface area (Å²) in [6.45, 7) is 1.56. The molecule has 0 aliphatic carbocycles. The fourth-order valence-corrected chi connectivity index (χ4v) is 6.12. The second kappa shape index (κ2) is 9.24. The van der Waals surface area contributed by atoms with Gasteiger partial charge in [0, 0.05) is 43.8 Å². The van der Waals surface area contributed by atoms with E-state index in [0.717, 1.165) is 12.1 Å². The Bertz CT molecular complexity index is 1170. The van der Waals surface area contributed by atoms with Gasteiger partial charge in [0.15, 0.2) is 0 Å². The van der Waals surface area contributed by atoms with Crippen molar-refractivity contribution >= 4 is 38.9 Å². The SMILES string of the molecule is O=C([C@@H]1CCCN1S(=O)(=O)c1ccc(F)cc1)N1CCN(c2ccc(Cl)cc2[N+](=O)[O-])CC1.